The summed E-state index contributed by atoms with van der Waals surface area (Å²) in [6, 6.07) is 5.57. The minimum atomic E-state index is -0.529. The summed E-state index contributed by atoms with van der Waals surface area (Å²) in [5, 5.41) is 0. The molecule has 0 aliphatic heterocycles. The lowest BCUT2D eigenvalue weighted by Gasteiger charge is -2.17. The van der Waals surface area contributed by atoms with Crippen LogP contribution < -0.4 is 11.2 Å². The number of H-pyrrole nitrogens is 1. The van der Waals surface area contributed by atoms with Crippen LogP contribution in [0.5, 0.6) is 0 Å². The number of carbonyl (C=O) groups excluding carboxylic acids is 1. The zero-order valence-electron chi connectivity index (χ0n) is 14.9. The van der Waals surface area contributed by atoms with Gasteiger partial charge in [0.1, 0.15) is 5.69 Å². The van der Waals surface area contributed by atoms with Gasteiger partial charge in [0.25, 0.3) is 5.56 Å². The van der Waals surface area contributed by atoms with Gasteiger partial charge in [0, 0.05) is 17.7 Å². The molecule has 0 atom stereocenters. The fourth-order valence-corrected chi connectivity index (χ4v) is 3.05. The van der Waals surface area contributed by atoms with Crippen molar-refractivity contribution in [3.8, 4) is 0 Å². The third kappa shape index (κ3) is 3.40. The molecule has 1 aromatic carbocycles. The highest BCUT2D eigenvalue weighted by Crippen LogP contribution is 2.20. The van der Waals surface area contributed by atoms with Gasteiger partial charge in [0.2, 0.25) is 5.78 Å². The highest BCUT2D eigenvalue weighted by Gasteiger charge is 2.24. The van der Waals surface area contributed by atoms with Crippen LogP contribution in [0.4, 0.5) is 0 Å². The summed E-state index contributed by atoms with van der Waals surface area (Å²) in [5.74, 6) is -0.440. The summed E-state index contributed by atoms with van der Waals surface area (Å²) in [6.07, 6.45) is 0.691. The molecule has 1 N–H and O–H groups in total. The monoisotopic (exact) mass is 328 g/mol. The van der Waals surface area contributed by atoms with Gasteiger partial charge in [0.15, 0.2) is 0 Å². The lowest BCUT2D eigenvalue weighted by atomic mass is 9.95. The van der Waals surface area contributed by atoms with Gasteiger partial charge in [-0.2, -0.15) is 0 Å². The Morgan fingerprint density at radius 2 is 1.71 bits per heavy atom. The van der Waals surface area contributed by atoms with Gasteiger partial charge in [-0.25, -0.2) is 4.79 Å². The molecule has 5 nitrogen and oxygen atoms in total. The van der Waals surface area contributed by atoms with Crippen LogP contribution >= 0.6 is 0 Å². The van der Waals surface area contributed by atoms with Crippen LogP contribution in [0.2, 0.25) is 0 Å². The molecule has 24 heavy (non-hydrogen) atoms. The number of ketones is 1. The molecule has 0 amide bonds. The van der Waals surface area contributed by atoms with Crippen molar-refractivity contribution < 1.29 is 4.79 Å². The van der Waals surface area contributed by atoms with E-state index in [4.69, 9.17) is 0 Å². The predicted octanol–water partition coefficient (Wildman–Crippen LogP) is 2.92. The van der Waals surface area contributed by atoms with Crippen molar-refractivity contribution in [1.82, 2.24) is 9.55 Å². The van der Waals surface area contributed by atoms with E-state index >= 15 is 0 Å². The first-order valence-corrected chi connectivity index (χ1v) is 8.26. The zero-order chi connectivity index (χ0) is 18.0. The van der Waals surface area contributed by atoms with Crippen LogP contribution in [-0.4, -0.2) is 15.3 Å². The Labute approximate surface area is 141 Å². The van der Waals surface area contributed by atoms with Gasteiger partial charge in [-0.1, -0.05) is 38.0 Å². The van der Waals surface area contributed by atoms with E-state index in [9.17, 15) is 14.4 Å². The molecule has 1 aromatic heterocycles. The van der Waals surface area contributed by atoms with Crippen LogP contribution in [0, 0.1) is 13.8 Å². The molecule has 128 valence electrons. The van der Waals surface area contributed by atoms with Crippen molar-refractivity contribution in [2.24, 2.45) is 0 Å². The van der Waals surface area contributed by atoms with Crippen LogP contribution in [0.1, 0.15) is 65.9 Å². The van der Waals surface area contributed by atoms with E-state index in [0.717, 1.165) is 11.1 Å². The molecule has 2 aromatic rings. The number of aryl methyl sites for hydroxylation is 2. The average Bonchev–Trinajstić information content (AvgIpc) is 2.47. The highest BCUT2D eigenvalue weighted by atomic mass is 16.2. The fourth-order valence-electron chi connectivity index (χ4n) is 3.05. The molecule has 0 aliphatic carbocycles. The summed E-state index contributed by atoms with van der Waals surface area (Å²) < 4.78 is 1.40. The van der Waals surface area contributed by atoms with Crippen LogP contribution in [-0.2, 0) is 6.54 Å². The molecule has 5 heteroatoms. The second-order valence-electron chi connectivity index (χ2n) is 6.53. The van der Waals surface area contributed by atoms with Gasteiger partial charge in [0.05, 0.1) is 0 Å². The minimum absolute atomic E-state index is 0.165. The molecule has 0 bridgehead atoms. The summed E-state index contributed by atoms with van der Waals surface area (Å²) in [6.45, 7) is 9.86. The van der Waals surface area contributed by atoms with Gasteiger partial charge in [-0.15, -0.1) is 0 Å². The first kappa shape index (κ1) is 17.9. The third-order valence-corrected chi connectivity index (χ3v) is 3.96. The van der Waals surface area contributed by atoms with Crippen LogP contribution in [0.3, 0.4) is 0 Å². The van der Waals surface area contributed by atoms with Gasteiger partial charge < -0.3 is 0 Å². The Hall–Kier alpha value is -2.43. The molecule has 0 aliphatic rings. The van der Waals surface area contributed by atoms with E-state index in [1.54, 1.807) is 12.1 Å². The number of aromatic amines is 1. The zero-order valence-corrected chi connectivity index (χ0v) is 14.9. The van der Waals surface area contributed by atoms with Crippen molar-refractivity contribution in [2.45, 2.75) is 53.5 Å². The fraction of sp³-hybridized carbons (Fsp3) is 0.421. The largest absolute Gasteiger partial charge is 0.328 e. The number of carbonyl (C=O) groups is 1. The molecule has 0 radical (unpaired) electrons. The maximum atomic E-state index is 13.2. The molecule has 0 saturated carbocycles. The molecule has 1 heterocycles. The van der Waals surface area contributed by atoms with E-state index in [2.05, 4.69) is 4.98 Å². The Kier molecular flexibility index (Phi) is 5.22. The Morgan fingerprint density at radius 3 is 2.21 bits per heavy atom. The maximum absolute atomic E-state index is 13.2. The van der Waals surface area contributed by atoms with Crippen molar-refractivity contribution in [1.29, 1.82) is 0 Å². The number of benzene rings is 1. The van der Waals surface area contributed by atoms with E-state index in [1.807, 2.05) is 40.7 Å². The second kappa shape index (κ2) is 6.99. The first-order chi connectivity index (χ1) is 11.3. The van der Waals surface area contributed by atoms with Crippen LogP contribution in [0.15, 0.2) is 27.8 Å². The molecular formula is C19H24N2O3. The highest BCUT2D eigenvalue weighted by molar-refractivity contribution is 6.09. The second-order valence-corrected chi connectivity index (χ2v) is 6.53. The normalized spacial score (nSPS) is 11.1. The Bertz CT molecular complexity index is 868. The molecule has 2 rings (SSSR count). The summed E-state index contributed by atoms with van der Waals surface area (Å²) in [5.41, 5.74) is 2.02. The van der Waals surface area contributed by atoms with E-state index < -0.39 is 11.2 Å². The van der Waals surface area contributed by atoms with Crippen molar-refractivity contribution in [2.75, 3.05) is 0 Å². The smallest absolute Gasteiger partial charge is 0.290 e. The molecule has 0 fully saturated rings. The maximum Gasteiger partial charge on any atom is 0.328 e. The first-order valence-electron chi connectivity index (χ1n) is 8.26. The SMILES string of the molecule is CCCn1c(C(=O)c2cc(C)cc(C)c2)c(C(C)C)c(=O)[nH]c1=O. The van der Waals surface area contributed by atoms with Crippen molar-refractivity contribution >= 4 is 5.78 Å². The van der Waals surface area contributed by atoms with Gasteiger partial charge >= 0.3 is 5.69 Å². The quantitative estimate of drug-likeness (QED) is 0.858. The lowest BCUT2D eigenvalue weighted by Crippen LogP contribution is -2.38. The van der Waals surface area contributed by atoms with E-state index in [-0.39, 0.29) is 17.4 Å². The Morgan fingerprint density at radius 1 is 1.12 bits per heavy atom. The topological polar surface area (TPSA) is 71.9 Å². The van der Waals surface area contributed by atoms with Gasteiger partial charge in [-0.05, 0) is 38.3 Å². The lowest BCUT2D eigenvalue weighted by molar-refractivity contribution is 0.102. The number of aromatic nitrogens is 2. The Balaban J connectivity index is 2.81. The summed E-state index contributed by atoms with van der Waals surface area (Å²) in [4.78, 5) is 40.1. The average molecular weight is 328 g/mol. The van der Waals surface area contributed by atoms with Gasteiger partial charge in [-0.3, -0.25) is 19.1 Å². The molecular weight excluding hydrogens is 304 g/mol. The number of hydrogen-bond donors (Lipinski definition) is 1. The van der Waals surface area contributed by atoms with E-state index in [1.165, 1.54) is 4.57 Å². The molecule has 0 unspecified atom stereocenters. The number of nitrogens with one attached hydrogen (secondary N) is 1. The summed E-state index contributed by atoms with van der Waals surface area (Å²) >= 11 is 0. The molecule has 0 saturated heterocycles. The standard InChI is InChI=1S/C19H24N2O3/c1-6-7-21-16(15(11(2)3)18(23)20-19(21)24)17(22)14-9-12(4)8-13(5)10-14/h8-11H,6-7H2,1-5H3,(H,20,23,24). The summed E-state index contributed by atoms with van der Waals surface area (Å²) in [7, 11) is 0. The molecule has 0 spiro atoms. The van der Waals surface area contributed by atoms with E-state index in [0.29, 0.717) is 24.1 Å². The van der Waals surface area contributed by atoms with Crippen LogP contribution in [0.25, 0.3) is 0 Å². The minimum Gasteiger partial charge on any atom is -0.290 e. The third-order valence-electron chi connectivity index (χ3n) is 3.96. The van der Waals surface area contributed by atoms with Crippen molar-refractivity contribution in [3.63, 3.8) is 0 Å². The number of nitrogens with zero attached hydrogens (tertiary/aromatic N) is 1. The van der Waals surface area contributed by atoms with Crippen molar-refractivity contribution in [3.05, 3.63) is 67.0 Å². The number of rotatable bonds is 5. The predicted molar refractivity (Wildman–Crippen MR) is 95.1 cm³/mol. The number of hydrogen-bond acceptors (Lipinski definition) is 3.